The smallest absolute Gasteiger partial charge is 0.288 e. The minimum absolute atomic E-state index is 0.0379. The Morgan fingerprint density at radius 1 is 1.59 bits per heavy atom. The van der Waals surface area contributed by atoms with Crippen LogP contribution in [0.2, 0.25) is 5.02 Å². The first-order valence-electron chi connectivity index (χ1n) is 4.75. The average molecular weight is 262 g/mol. The zero-order chi connectivity index (χ0) is 13.3. The van der Waals surface area contributed by atoms with E-state index in [0.717, 1.165) is 12.7 Å². The first-order valence-corrected chi connectivity index (χ1v) is 5.13. The van der Waals surface area contributed by atoms with Crippen molar-refractivity contribution in [3.63, 3.8) is 0 Å². The lowest BCUT2D eigenvalue weighted by molar-refractivity contribution is -0.127. The lowest BCUT2D eigenvalue weighted by atomic mass is 10.3. The number of methoxy groups -OCH3 is 1. The van der Waals surface area contributed by atoms with Gasteiger partial charge in [-0.1, -0.05) is 11.6 Å². The highest BCUT2D eigenvalue weighted by Gasteiger charge is 2.03. The molecule has 1 amide bonds. The second kappa shape index (κ2) is 8.66. The number of carbonyl (C=O) groups is 2. The van der Waals surface area contributed by atoms with E-state index in [1.54, 1.807) is 7.11 Å². The van der Waals surface area contributed by atoms with Gasteiger partial charge in [-0.2, -0.15) is 0 Å². The van der Waals surface area contributed by atoms with Gasteiger partial charge in [0.1, 0.15) is 5.82 Å². The number of rotatable bonds is 3. The summed E-state index contributed by atoms with van der Waals surface area (Å²) < 4.78 is 17.3. The lowest BCUT2D eigenvalue weighted by Crippen LogP contribution is -2.12. The summed E-state index contributed by atoms with van der Waals surface area (Å²) in [5.41, 5.74) is 0.194. The van der Waals surface area contributed by atoms with Crippen LogP contribution in [0.3, 0.4) is 0 Å². The standard InChI is InChI=1S/C8H5ClFNO2.C3H8O/c9-6-2-1-5(3-7(6)10)11-8(13)4-12;1-3-4-2/h1-4H,(H,11,13);3H2,1-2H3. The maximum absolute atomic E-state index is 12.8. The predicted molar refractivity (Wildman–Crippen MR) is 63.7 cm³/mol. The molecule has 0 saturated carbocycles. The van der Waals surface area contributed by atoms with Crippen molar-refractivity contribution in [1.29, 1.82) is 0 Å². The van der Waals surface area contributed by atoms with Crippen LogP contribution >= 0.6 is 11.6 Å². The van der Waals surface area contributed by atoms with Crippen LogP contribution in [0.25, 0.3) is 0 Å². The molecular formula is C11H13ClFNO3. The SMILES string of the molecule is CCOC.O=CC(=O)Nc1ccc(Cl)c(F)c1. The minimum atomic E-state index is -0.832. The third kappa shape index (κ3) is 6.65. The molecule has 0 aliphatic heterocycles. The molecule has 0 fully saturated rings. The first kappa shape index (κ1) is 15.5. The normalized spacial score (nSPS) is 8.94. The van der Waals surface area contributed by atoms with E-state index in [1.807, 2.05) is 6.92 Å². The van der Waals surface area contributed by atoms with Gasteiger partial charge in [0.2, 0.25) is 6.29 Å². The highest BCUT2D eigenvalue weighted by atomic mass is 35.5. The van der Waals surface area contributed by atoms with Crippen molar-refractivity contribution in [1.82, 2.24) is 0 Å². The summed E-state index contributed by atoms with van der Waals surface area (Å²) >= 11 is 5.39. The van der Waals surface area contributed by atoms with E-state index in [2.05, 4.69) is 10.1 Å². The van der Waals surface area contributed by atoms with E-state index in [4.69, 9.17) is 11.6 Å². The summed E-state index contributed by atoms with van der Waals surface area (Å²) in [5.74, 6) is -1.48. The number of hydrogen-bond donors (Lipinski definition) is 1. The average Bonchev–Trinajstić information content (AvgIpc) is 2.34. The van der Waals surface area contributed by atoms with E-state index in [9.17, 15) is 14.0 Å². The van der Waals surface area contributed by atoms with Crippen molar-refractivity contribution < 1.29 is 18.7 Å². The number of ether oxygens (including phenoxy) is 1. The molecule has 0 radical (unpaired) electrons. The van der Waals surface area contributed by atoms with Crippen LogP contribution < -0.4 is 5.32 Å². The third-order valence-electron chi connectivity index (χ3n) is 1.58. The molecule has 94 valence electrons. The molecule has 1 N–H and O–H groups in total. The molecule has 0 spiro atoms. The summed E-state index contributed by atoms with van der Waals surface area (Å²) in [6, 6.07) is 3.72. The molecule has 0 heterocycles. The predicted octanol–water partition coefficient (Wildman–Crippen LogP) is 2.27. The van der Waals surface area contributed by atoms with Gasteiger partial charge in [-0.15, -0.1) is 0 Å². The zero-order valence-electron chi connectivity index (χ0n) is 9.50. The first-order chi connectivity index (χ1) is 8.04. The molecule has 0 bridgehead atoms. The van der Waals surface area contributed by atoms with Crippen LogP contribution in [0.15, 0.2) is 18.2 Å². The molecule has 0 unspecified atom stereocenters. The molecule has 1 rings (SSSR count). The molecular weight excluding hydrogens is 249 g/mol. The van der Waals surface area contributed by atoms with Gasteiger partial charge in [-0.3, -0.25) is 9.59 Å². The van der Waals surface area contributed by atoms with Crippen LogP contribution in [-0.4, -0.2) is 25.9 Å². The molecule has 0 aromatic heterocycles. The van der Waals surface area contributed by atoms with Crippen LogP contribution in [-0.2, 0) is 14.3 Å². The van der Waals surface area contributed by atoms with Crippen molar-refractivity contribution in [3.05, 3.63) is 29.0 Å². The van der Waals surface area contributed by atoms with Gasteiger partial charge in [0.15, 0.2) is 0 Å². The minimum Gasteiger partial charge on any atom is -0.385 e. The lowest BCUT2D eigenvalue weighted by Gasteiger charge is -2.01. The Labute approximate surface area is 104 Å². The number of halogens is 2. The van der Waals surface area contributed by atoms with Gasteiger partial charge in [-0.05, 0) is 25.1 Å². The summed E-state index contributed by atoms with van der Waals surface area (Å²) in [6.07, 6.45) is 0.104. The topological polar surface area (TPSA) is 55.4 Å². The van der Waals surface area contributed by atoms with E-state index < -0.39 is 11.7 Å². The van der Waals surface area contributed by atoms with Gasteiger partial charge in [-0.25, -0.2) is 4.39 Å². The highest BCUT2D eigenvalue weighted by molar-refractivity contribution is 6.31. The van der Waals surface area contributed by atoms with Crippen LogP contribution in [0.5, 0.6) is 0 Å². The van der Waals surface area contributed by atoms with Crippen molar-refractivity contribution in [2.45, 2.75) is 6.92 Å². The number of amides is 1. The number of hydrogen-bond acceptors (Lipinski definition) is 3. The van der Waals surface area contributed by atoms with E-state index in [1.165, 1.54) is 12.1 Å². The molecule has 1 aromatic rings. The fourth-order valence-corrected chi connectivity index (χ4v) is 0.863. The second-order valence-corrected chi connectivity index (χ2v) is 3.22. The van der Waals surface area contributed by atoms with Crippen molar-refractivity contribution in [2.24, 2.45) is 0 Å². The zero-order valence-corrected chi connectivity index (χ0v) is 10.3. The summed E-state index contributed by atoms with van der Waals surface area (Å²) in [4.78, 5) is 20.5. The van der Waals surface area contributed by atoms with Crippen LogP contribution in [0, 0.1) is 5.82 Å². The van der Waals surface area contributed by atoms with Gasteiger partial charge >= 0.3 is 0 Å². The maximum atomic E-state index is 12.8. The van der Waals surface area contributed by atoms with Gasteiger partial charge < -0.3 is 10.1 Å². The highest BCUT2D eigenvalue weighted by Crippen LogP contribution is 2.18. The second-order valence-electron chi connectivity index (χ2n) is 2.81. The quantitative estimate of drug-likeness (QED) is 0.671. The molecule has 17 heavy (non-hydrogen) atoms. The van der Waals surface area contributed by atoms with Gasteiger partial charge in [0, 0.05) is 19.4 Å². The van der Waals surface area contributed by atoms with Gasteiger partial charge in [0.05, 0.1) is 5.02 Å². The number of aldehydes is 1. The molecule has 0 aliphatic carbocycles. The molecule has 4 nitrogen and oxygen atoms in total. The Morgan fingerprint density at radius 3 is 2.59 bits per heavy atom. The van der Waals surface area contributed by atoms with Crippen molar-refractivity contribution in [3.8, 4) is 0 Å². The Hall–Kier alpha value is -1.46. The fourth-order valence-electron chi connectivity index (χ4n) is 0.746. The molecule has 0 aliphatic rings. The summed E-state index contributed by atoms with van der Waals surface area (Å²) in [7, 11) is 1.68. The summed E-state index contributed by atoms with van der Waals surface area (Å²) in [6.45, 7) is 2.78. The number of anilines is 1. The van der Waals surface area contributed by atoms with E-state index in [-0.39, 0.29) is 17.0 Å². The van der Waals surface area contributed by atoms with E-state index in [0.29, 0.717) is 0 Å². The number of nitrogens with one attached hydrogen (secondary N) is 1. The Balaban J connectivity index is 0.000000557. The summed E-state index contributed by atoms with van der Waals surface area (Å²) in [5, 5.41) is 2.12. The number of benzene rings is 1. The van der Waals surface area contributed by atoms with Crippen LogP contribution in [0.4, 0.5) is 10.1 Å². The Morgan fingerprint density at radius 2 is 2.18 bits per heavy atom. The third-order valence-corrected chi connectivity index (χ3v) is 1.89. The molecule has 1 aromatic carbocycles. The van der Waals surface area contributed by atoms with Crippen molar-refractivity contribution >= 4 is 29.5 Å². The Bertz CT molecular complexity index is 383. The molecule has 0 atom stereocenters. The number of carbonyl (C=O) groups excluding carboxylic acids is 2. The maximum Gasteiger partial charge on any atom is 0.288 e. The molecule has 6 heteroatoms. The van der Waals surface area contributed by atoms with Crippen molar-refractivity contribution in [2.75, 3.05) is 19.0 Å². The molecule has 0 saturated heterocycles. The van der Waals surface area contributed by atoms with Gasteiger partial charge in [0.25, 0.3) is 5.91 Å². The van der Waals surface area contributed by atoms with E-state index >= 15 is 0 Å². The fraction of sp³-hybridized carbons (Fsp3) is 0.273. The largest absolute Gasteiger partial charge is 0.385 e. The van der Waals surface area contributed by atoms with Crippen LogP contribution in [0.1, 0.15) is 6.92 Å². The monoisotopic (exact) mass is 261 g/mol. The Kier molecular flexibility index (Phi) is 7.92.